The summed E-state index contributed by atoms with van der Waals surface area (Å²) < 4.78 is 94.7. The Bertz CT molecular complexity index is 2990. The number of carboxylic acid groups (broad SMARTS) is 1. The molecule has 50 nitrogen and oxygen atoms in total. The molecule has 0 radical (unpaired) electrons. The third kappa shape index (κ3) is 21.3. The fourth-order valence-electron chi connectivity index (χ4n) is 14.1. The summed E-state index contributed by atoms with van der Waals surface area (Å²) in [5.41, 5.74) is 0. The zero-order chi connectivity index (χ0) is 84.0. The van der Waals surface area contributed by atoms with E-state index in [1.807, 2.05) is 0 Å². The van der Waals surface area contributed by atoms with Crippen molar-refractivity contribution in [2.45, 2.75) is 317 Å². The minimum Gasteiger partial charge on any atom is -0.477 e. The molecule has 0 aromatic heterocycles. The van der Waals surface area contributed by atoms with Gasteiger partial charge in [-0.25, -0.2) is 4.79 Å². The van der Waals surface area contributed by atoms with Crippen LogP contribution < -0.4 is 16.0 Å². The maximum Gasteiger partial charge on any atom is 0.364 e. The van der Waals surface area contributed by atoms with Gasteiger partial charge in [0.05, 0.1) is 77.2 Å². The highest BCUT2D eigenvalue weighted by atomic mass is 16.8. The molecule has 8 saturated heterocycles. The summed E-state index contributed by atoms with van der Waals surface area (Å²) >= 11 is 0. The van der Waals surface area contributed by atoms with Crippen LogP contribution in [0, 0.1) is 0 Å². The molecule has 8 aliphatic rings. The van der Waals surface area contributed by atoms with Crippen LogP contribution in [0.15, 0.2) is 0 Å². The average Bonchev–Trinajstić information content (AvgIpc) is 0.760. The molecule has 113 heavy (non-hydrogen) atoms. The first kappa shape index (κ1) is 94.7. The summed E-state index contributed by atoms with van der Waals surface area (Å²) in [5, 5.41) is 304. The Balaban J connectivity index is 1.17. The molecule has 45 atom stereocenters. The highest BCUT2D eigenvalue weighted by molar-refractivity contribution is 5.77. The molecule has 656 valence electrons. The number of hydrogen-bond acceptors (Lipinski definition) is 46. The van der Waals surface area contributed by atoms with Crippen LogP contribution in [0.4, 0.5) is 0 Å². The molecule has 0 bridgehead atoms. The molecule has 0 aliphatic carbocycles. The van der Waals surface area contributed by atoms with Gasteiger partial charge in [-0.3, -0.25) is 14.4 Å². The van der Waals surface area contributed by atoms with Gasteiger partial charge in [-0.1, -0.05) is 0 Å². The van der Waals surface area contributed by atoms with Crippen LogP contribution in [0.3, 0.4) is 0 Å². The SMILES string of the molecule is CC(=O)N[C@H]1[C@H](OC[C@H]2O[C@@H](O[C@@H]([C@H](O)[C@@H](O)CO)[C@H](O)CO)[C@H](O)[C@@H](O[C@@H]3O[C@H](CO[C@]4(C(=O)O)C[C@H](O)[C@@H](NC(C)=O)[C@H]([C@H](O)[C@H](O)CO)O4)[C@@H](O[C@@H]4O[C@H](CO)[C@H](O)[C@H](O)[C@H]4O[C@@H]4O[C@@H](C)[C@@H](O)[C@@H](O)[C@@H]4O)[C@H](O)[C@H]3NC(C)=O)[C@H]2O)O[C@H](CO)[C@@H](O[C@@H]2O[C@H](CO)[C@H](O)[C@H](O)[C@H]2O[C@@H]2O[C@@H](C)[C@@H](O)[C@@H](O)[C@@H]2O)[C@@H]1O. The van der Waals surface area contributed by atoms with Crippen LogP contribution in [-0.2, 0) is 95.0 Å². The van der Waals surface area contributed by atoms with Gasteiger partial charge in [0.15, 0.2) is 44.0 Å². The van der Waals surface area contributed by atoms with E-state index in [2.05, 4.69) is 16.0 Å². The summed E-state index contributed by atoms with van der Waals surface area (Å²) in [6, 6.07) is -5.98. The van der Waals surface area contributed by atoms with Gasteiger partial charge in [-0.15, -0.1) is 0 Å². The number of aliphatic hydroxyl groups excluding tert-OH is 26. The normalized spacial score (nSPS) is 46.3. The summed E-state index contributed by atoms with van der Waals surface area (Å²) in [6.45, 7) is -4.68. The van der Waals surface area contributed by atoms with Crippen molar-refractivity contribution >= 4 is 23.7 Å². The van der Waals surface area contributed by atoms with E-state index in [1.54, 1.807) is 0 Å². The van der Waals surface area contributed by atoms with Crippen molar-refractivity contribution in [2.24, 2.45) is 0 Å². The van der Waals surface area contributed by atoms with Crippen LogP contribution in [0.2, 0.25) is 0 Å². The number of hydrogen-bond donors (Lipinski definition) is 30. The zero-order valence-electron chi connectivity index (χ0n) is 61.0. The number of carbonyl (C=O) groups is 4. The highest BCUT2D eigenvalue weighted by Gasteiger charge is 2.62. The molecular formula is C63H107N3O47. The summed E-state index contributed by atoms with van der Waals surface area (Å²) in [7, 11) is 0. The van der Waals surface area contributed by atoms with Crippen LogP contribution in [0.25, 0.3) is 0 Å². The molecule has 0 saturated carbocycles. The quantitative estimate of drug-likeness (QED) is 0.0290. The lowest BCUT2D eigenvalue weighted by atomic mass is 9.88. The second kappa shape index (κ2) is 41.0. The van der Waals surface area contributed by atoms with Gasteiger partial charge in [-0.2, -0.15) is 0 Å². The van der Waals surface area contributed by atoms with Crippen LogP contribution in [0.1, 0.15) is 41.0 Å². The minimum atomic E-state index is -3.33. The van der Waals surface area contributed by atoms with Gasteiger partial charge in [-0.05, 0) is 13.8 Å². The van der Waals surface area contributed by atoms with E-state index in [0.29, 0.717) is 0 Å². The Kier molecular flexibility index (Phi) is 34.3. The Labute approximate surface area is 640 Å². The standard InChI is InChI=1S/C63H107N3O47/c1-15-32(80)41(89)45(93)57(100-15)111-53-43(91)36(84)24(10-70)102-60(53)108-49-26(12-72)104-55(30(39(49)87)65-18(4)74)98-13-27-38(86)52(47(95)59(105-27)107-48(23(79)9-69)34(82)21(77)7-67)110-56-31(66-19(5)75)40(88)50(109-61-54(44(92)37(85)25(11-71)103-61)112-58-46(94)42(90)33(81)16(2)101-58)28(106-56)14-99-63(62(96)97)6-20(76)29(64-17(3)73)51(113-63)35(83)22(78)8-68/h15-16,20-61,67-72,76-95H,6-14H2,1-5H3,(H,64,73)(H,65,74)(H,66,75)(H,96,97)/t15-,16-,20-,21-,22+,23+,24+,25+,26+,27+,28+,29+,30+,31+,32+,33+,34+,35+,36-,37-,38-,39+,40+,41+,42+,43-,44-,45-,46-,47+,48+,49+,50+,51+,52-,53+,54+,55+,56-,57-,58-,59-,60-,61-,63+/m0/s1. The number of amides is 3. The van der Waals surface area contributed by atoms with E-state index in [9.17, 15) is 157 Å². The molecule has 8 aliphatic heterocycles. The largest absolute Gasteiger partial charge is 0.477 e. The van der Waals surface area contributed by atoms with Gasteiger partial charge < -0.3 is 230 Å². The third-order valence-corrected chi connectivity index (χ3v) is 20.5. The molecule has 0 unspecified atom stereocenters. The lowest BCUT2D eigenvalue weighted by Crippen LogP contribution is -2.71. The Hall–Kier alpha value is -3.80. The number of carboxylic acids is 1. The number of ether oxygens (including phenoxy) is 16. The van der Waals surface area contributed by atoms with Gasteiger partial charge in [0.2, 0.25) is 17.7 Å². The lowest BCUT2D eigenvalue weighted by molar-refractivity contribution is -0.394. The summed E-state index contributed by atoms with van der Waals surface area (Å²) in [5.74, 6) is -8.49. The van der Waals surface area contributed by atoms with Gasteiger partial charge >= 0.3 is 5.97 Å². The molecule has 3 amide bonds. The second-order valence-electron chi connectivity index (χ2n) is 28.6. The monoisotopic (exact) mass is 1660 g/mol. The minimum absolute atomic E-state index is 0.836. The number of rotatable bonds is 33. The summed E-state index contributed by atoms with van der Waals surface area (Å²) in [6.07, 6.45) is -89.0. The van der Waals surface area contributed by atoms with Crippen LogP contribution in [-0.4, -0.2) is 490 Å². The first-order valence-electron chi connectivity index (χ1n) is 35.9. The second-order valence-corrected chi connectivity index (χ2v) is 28.6. The topological polar surface area (TPSA) is 798 Å². The Morgan fingerprint density at radius 2 is 0.814 bits per heavy atom. The van der Waals surface area contributed by atoms with Crippen molar-refractivity contribution in [2.75, 3.05) is 52.9 Å². The van der Waals surface area contributed by atoms with Crippen LogP contribution >= 0.6 is 0 Å². The van der Waals surface area contributed by atoms with E-state index in [0.717, 1.165) is 20.8 Å². The predicted octanol–water partition coefficient (Wildman–Crippen LogP) is -19.3. The van der Waals surface area contributed by atoms with E-state index >= 15 is 0 Å². The highest BCUT2D eigenvalue weighted by Crippen LogP contribution is 2.41. The number of nitrogens with one attached hydrogen (secondary N) is 3. The maximum absolute atomic E-state index is 13.6. The van der Waals surface area contributed by atoms with Crippen molar-refractivity contribution in [3.63, 3.8) is 0 Å². The zero-order valence-corrected chi connectivity index (χ0v) is 61.0. The molecule has 8 rings (SSSR count). The van der Waals surface area contributed by atoms with Crippen molar-refractivity contribution in [1.29, 1.82) is 0 Å². The van der Waals surface area contributed by atoms with Gasteiger partial charge in [0.1, 0.15) is 201 Å². The third-order valence-electron chi connectivity index (χ3n) is 20.5. The first-order valence-corrected chi connectivity index (χ1v) is 35.9. The van der Waals surface area contributed by atoms with Crippen LogP contribution in [0.5, 0.6) is 0 Å². The maximum atomic E-state index is 13.6. The van der Waals surface area contributed by atoms with E-state index in [1.165, 1.54) is 13.8 Å². The summed E-state index contributed by atoms with van der Waals surface area (Å²) in [4.78, 5) is 52.5. The number of aliphatic hydroxyl groups is 26. The van der Waals surface area contributed by atoms with Crippen molar-refractivity contribution < 1.29 is 233 Å². The molecule has 0 aromatic rings. The van der Waals surface area contributed by atoms with E-state index in [4.69, 9.17) is 75.8 Å². The Morgan fingerprint density at radius 1 is 0.398 bits per heavy atom. The van der Waals surface area contributed by atoms with Gasteiger partial charge in [0.25, 0.3) is 5.79 Å². The number of carbonyl (C=O) groups excluding carboxylic acids is 3. The molecule has 8 fully saturated rings. The smallest absolute Gasteiger partial charge is 0.364 e. The fourth-order valence-corrected chi connectivity index (χ4v) is 14.1. The Morgan fingerprint density at radius 3 is 1.27 bits per heavy atom. The van der Waals surface area contributed by atoms with E-state index < -0.39 is 358 Å². The van der Waals surface area contributed by atoms with Crippen molar-refractivity contribution in [3.8, 4) is 0 Å². The number of aliphatic carboxylic acids is 1. The molecule has 30 N–H and O–H groups in total. The predicted molar refractivity (Wildman–Crippen MR) is 348 cm³/mol. The molecule has 0 aromatic carbocycles. The van der Waals surface area contributed by atoms with E-state index in [-0.39, 0.29) is 0 Å². The van der Waals surface area contributed by atoms with Gasteiger partial charge in [0, 0.05) is 27.2 Å². The van der Waals surface area contributed by atoms with Crippen molar-refractivity contribution in [3.05, 3.63) is 0 Å². The molecule has 8 heterocycles. The molecule has 0 spiro atoms. The van der Waals surface area contributed by atoms with Crippen molar-refractivity contribution in [1.82, 2.24) is 16.0 Å². The molecular weight excluding hydrogens is 1550 g/mol. The fraction of sp³-hybridized carbons (Fsp3) is 0.937. The lowest BCUT2D eigenvalue weighted by Gasteiger charge is -2.51. The molecule has 50 heteroatoms. The average molecular weight is 1660 g/mol. The first-order chi connectivity index (χ1) is 53.1.